The van der Waals surface area contributed by atoms with Crippen LogP contribution in [0.1, 0.15) is 63.7 Å². The third kappa shape index (κ3) is 3.00. The Kier molecular flexibility index (Phi) is 4.99. The highest BCUT2D eigenvalue weighted by atomic mass is 16.3. The number of aliphatic hydroxyl groups is 1. The van der Waals surface area contributed by atoms with Gasteiger partial charge in [0.15, 0.2) is 0 Å². The molecule has 0 aromatic carbocycles. The molecule has 1 aliphatic rings. The molecule has 19 heavy (non-hydrogen) atoms. The van der Waals surface area contributed by atoms with Crippen LogP contribution in [0.5, 0.6) is 0 Å². The van der Waals surface area contributed by atoms with Gasteiger partial charge >= 0.3 is 0 Å². The van der Waals surface area contributed by atoms with Crippen LogP contribution in [0, 0.1) is 5.41 Å². The molecule has 1 unspecified atom stereocenters. The second-order valence-electron chi connectivity index (χ2n) is 5.86. The number of nitrogens with two attached hydrogens (primary N) is 1. The molecule has 1 aliphatic carbocycles. The highest BCUT2D eigenvalue weighted by molar-refractivity contribution is 5.10. The number of aliphatic hydroxyl groups excluding tert-OH is 1. The van der Waals surface area contributed by atoms with Crippen LogP contribution in [-0.4, -0.2) is 21.4 Å². The second kappa shape index (κ2) is 6.53. The van der Waals surface area contributed by atoms with E-state index in [1.165, 1.54) is 25.7 Å². The monoisotopic (exact) mass is 265 g/mol. The maximum absolute atomic E-state index is 10.9. The molecule has 0 spiro atoms. The molecular weight excluding hydrogens is 238 g/mol. The van der Waals surface area contributed by atoms with E-state index >= 15 is 0 Å². The van der Waals surface area contributed by atoms with E-state index in [1.807, 2.05) is 10.7 Å². The van der Waals surface area contributed by atoms with Crippen molar-refractivity contribution in [1.29, 1.82) is 0 Å². The van der Waals surface area contributed by atoms with Gasteiger partial charge in [0.2, 0.25) is 0 Å². The van der Waals surface area contributed by atoms with Gasteiger partial charge in [-0.05, 0) is 25.3 Å². The van der Waals surface area contributed by atoms with E-state index in [0.717, 1.165) is 31.5 Å². The van der Waals surface area contributed by atoms with Gasteiger partial charge in [-0.25, -0.2) is 0 Å². The standard InChI is InChI=1S/C15H27N3O/c1-2-11-18-13(7-10-17-18)14(19)15(12-16)8-5-3-4-6-9-15/h7,10,14,19H,2-6,8-9,11-12,16H2,1H3. The van der Waals surface area contributed by atoms with Crippen LogP contribution in [0.15, 0.2) is 12.3 Å². The summed E-state index contributed by atoms with van der Waals surface area (Å²) in [6, 6.07) is 1.95. The lowest BCUT2D eigenvalue weighted by Gasteiger charge is -2.36. The fraction of sp³-hybridized carbons (Fsp3) is 0.800. The number of nitrogens with zero attached hydrogens (tertiary/aromatic N) is 2. The van der Waals surface area contributed by atoms with E-state index in [0.29, 0.717) is 6.54 Å². The lowest BCUT2D eigenvalue weighted by atomic mass is 9.74. The van der Waals surface area contributed by atoms with Crippen molar-refractivity contribution >= 4 is 0 Å². The topological polar surface area (TPSA) is 64.1 Å². The normalized spacial score (nSPS) is 21.0. The van der Waals surface area contributed by atoms with Gasteiger partial charge in [-0.1, -0.05) is 32.6 Å². The zero-order valence-electron chi connectivity index (χ0n) is 12.0. The second-order valence-corrected chi connectivity index (χ2v) is 5.86. The van der Waals surface area contributed by atoms with Gasteiger partial charge in [-0.15, -0.1) is 0 Å². The molecule has 0 saturated heterocycles. The molecule has 108 valence electrons. The minimum atomic E-state index is -0.482. The van der Waals surface area contributed by atoms with Crippen LogP contribution in [0.2, 0.25) is 0 Å². The number of rotatable bonds is 5. The first-order chi connectivity index (χ1) is 9.23. The number of aryl methyl sites for hydroxylation is 1. The first kappa shape index (κ1) is 14.5. The van der Waals surface area contributed by atoms with Crippen molar-refractivity contribution < 1.29 is 5.11 Å². The molecule has 1 aromatic rings. The molecule has 0 aliphatic heterocycles. The zero-order chi connectivity index (χ0) is 13.7. The van der Waals surface area contributed by atoms with Gasteiger partial charge in [0.05, 0.1) is 5.69 Å². The average Bonchev–Trinajstić information content (AvgIpc) is 2.74. The Morgan fingerprint density at radius 1 is 1.37 bits per heavy atom. The molecule has 1 fully saturated rings. The summed E-state index contributed by atoms with van der Waals surface area (Å²) in [5, 5.41) is 15.2. The predicted octanol–water partition coefficient (Wildman–Crippen LogP) is 2.63. The molecule has 4 nitrogen and oxygen atoms in total. The fourth-order valence-electron chi connectivity index (χ4n) is 3.31. The lowest BCUT2D eigenvalue weighted by Crippen LogP contribution is -2.37. The van der Waals surface area contributed by atoms with Gasteiger partial charge in [0.1, 0.15) is 6.10 Å². The van der Waals surface area contributed by atoms with Crippen molar-refractivity contribution in [2.45, 2.75) is 64.5 Å². The summed E-state index contributed by atoms with van der Waals surface area (Å²) in [6.07, 6.45) is 9.28. The van der Waals surface area contributed by atoms with Gasteiger partial charge in [0, 0.05) is 24.7 Å². The predicted molar refractivity (Wildman–Crippen MR) is 76.7 cm³/mol. The Balaban J connectivity index is 2.23. The third-order valence-electron chi connectivity index (χ3n) is 4.55. The summed E-state index contributed by atoms with van der Waals surface area (Å²) >= 11 is 0. The zero-order valence-corrected chi connectivity index (χ0v) is 12.0. The number of hydrogen-bond donors (Lipinski definition) is 2. The molecule has 1 saturated carbocycles. The highest BCUT2D eigenvalue weighted by Gasteiger charge is 2.39. The van der Waals surface area contributed by atoms with Crippen molar-refractivity contribution in [3.63, 3.8) is 0 Å². The minimum Gasteiger partial charge on any atom is -0.386 e. The molecule has 1 aromatic heterocycles. The largest absolute Gasteiger partial charge is 0.386 e. The van der Waals surface area contributed by atoms with Crippen molar-refractivity contribution in [3.8, 4) is 0 Å². The van der Waals surface area contributed by atoms with Crippen LogP contribution in [0.25, 0.3) is 0 Å². The van der Waals surface area contributed by atoms with E-state index in [-0.39, 0.29) is 5.41 Å². The smallest absolute Gasteiger partial charge is 0.102 e. The quantitative estimate of drug-likeness (QED) is 0.804. The van der Waals surface area contributed by atoms with Gasteiger partial charge in [-0.3, -0.25) is 4.68 Å². The Bertz CT molecular complexity index is 380. The highest BCUT2D eigenvalue weighted by Crippen LogP contribution is 2.44. The molecule has 0 radical (unpaired) electrons. The summed E-state index contributed by atoms with van der Waals surface area (Å²) in [7, 11) is 0. The summed E-state index contributed by atoms with van der Waals surface area (Å²) in [5.74, 6) is 0. The maximum Gasteiger partial charge on any atom is 0.102 e. The van der Waals surface area contributed by atoms with E-state index in [1.54, 1.807) is 6.20 Å². The summed E-state index contributed by atoms with van der Waals surface area (Å²) in [4.78, 5) is 0. The Hall–Kier alpha value is -0.870. The van der Waals surface area contributed by atoms with Crippen molar-refractivity contribution in [1.82, 2.24) is 9.78 Å². The summed E-state index contributed by atoms with van der Waals surface area (Å²) < 4.78 is 1.94. The Morgan fingerprint density at radius 2 is 2.05 bits per heavy atom. The van der Waals surface area contributed by atoms with Gasteiger partial charge in [0.25, 0.3) is 0 Å². The molecule has 1 heterocycles. The van der Waals surface area contributed by atoms with E-state index in [2.05, 4.69) is 12.0 Å². The molecule has 2 rings (SSSR count). The minimum absolute atomic E-state index is 0.151. The Labute approximate surface area is 116 Å². The van der Waals surface area contributed by atoms with Crippen LogP contribution in [0.3, 0.4) is 0 Å². The van der Waals surface area contributed by atoms with Crippen LogP contribution in [-0.2, 0) is 6.54 Å². The van der Waals surface area contributed by atoms with E-state index in [9.17, 15) is 5.11 Å². The third-order valence-corrected chi connectivity index (χ3v) is 4.55. The van der Waals surface area contributed by atoms with Crippen LogP contribution in [0.4, 0.5) is 0 Å². The summed E-state index contributed by atoms with van der Waals surface area (Å²) in [5.41, 5.74) is 6.84. The van der Waals surface area contributed by atoms with Gasteiger partial charge < -0.3 is 10.8 Å². The van der Waals surface area contributed by atoms with Gasteiger partial charge in [-0.2, -0.15) is 5.10 Å². The van der Waals surface area contributed by atoms with Crippen LogP contribution < -0.4 is 5.73 Å². The first-order valence-electron chi connectivity index (χ1n) is 7.63. The summed E-state index contributed by atoms with van der Waals surface area (Å²) in [6.45, 7) is 3.55. The maximum atomic E-state index is 10.9. The van der Waals surface area contributed by atoms with Crippen LogP contribution >= 0.6 is 0 Å². The lowest BCUT2D eigenvalue weighted by molar-refractivity contribution is 0.0101. The fourth-order valence-corrected chi connectivity index (χ4v) is 3.31. The van der Waals surface area contributed by atoms with Crippen molar-refractivity contribution in [3.05, 3.63) is 18.0 Å². The van der Waals surface area contributed by atoms with Crippen molar-refractivity contribution in [2.75, 3.05) is 6.54 Å². The van der Waals surface area contributed by atoms with E-state index < -0.39 is 6.10 Å². The first-order valence-corrected chi connectivity index (χ1v) is 7.63. The molecule has 0 amide bonds. The number of hydrogen-bond acceptors (Lipinski definition) is 3. The SMILES string of the molecule is CCCn1nccc1C(O)C1(CN)CCCCCC1. The number of aromatic nitrogens is 2. The Morgan fingerprint density at radius 3 is 2.63 bits per heavy atom. The molecule has 3 N–H and O–H groups in total. The molecule has 0 bridgehead atoms. The molecule has 4 heteroatoms. The van der Waals surface area contributed by atoms with Crippen molar-refractivity contribution in [2.24, 2.45) is 11.1 Å². The molecule has 1 atom stereocenters. The molecular formula is C15H27N3O. The van der Waals surface area contributed by atoms with E-state index in [4.69, 9.17) is 5.73 Å². The average molecular weight is 265 g/mol.